The highest BCUT2D eigenvalue weighted by atomic mass is 35.5. The monoisotopic (exact) mass is 462 g/mol. The third-order valence-electron chi connectivity index (χ3n) is 6.00. The van der Waals surface area contributed by atoms with Crippen molar-refractivity contribution in [3.63, 3.8) is 0 Å². The smallest absolute Gasteiger partial charge is 0.338 e. The zero-order valence-electron chi connectivity index (χ0n) is 19.1. The van der Waals surface area contributed by atoms with Crippen LogP contribution < -0.4 is 5.32 Å². The second kappa shape index (κ2) is 10.4. The molecule has 3 amide bonds. The molecule has 2 aliphatic rings. The van der Waals surface area contributed by atoms with Crippen LogP contribution in [0.2, 0.25) is 5.02 Å². The first-order valence-corrected chi connectivity index (χ1v) is 11.4. The molecular formula is C23H31ClN4O4. The molecule has 1 fully saturated rings. The summed E-state index contributed by atoms with van der Waals surface area (Å²) in [5.74, 6) is -0.344. The van der Waals surface area contributed by atoms with Gasteiger partial charge in [-0.15, -0.1) is 0 Å². The summed E-state index contributed by atoms with van der Waals surface area (Å²) in [5.41, 5.74) is 1.60. The third kappa shape index (κ3) is 4.91. The fourth-order valence-electron chi connectivity index (χ4n) is 4.30. The predicted octanol–water partition coefficient (Wildman–Crippen LogP) is 2.80. The highest BCUT2D eigenvalue weighted by Crippen LogP contribution is 2.34. The van der Waals surface area contributed by atoms with E-state index in [2.05, 4.69) is 10.2 Å². The highest BCUT2D eigenvalue weighted by Gasteiger charge is 2.39. The quantitative estimate of drug-likeness (QED) is 0.657. The Morgan fingerprint density at radius 1 is 1.22 bits per heavy atom. The van der Waals surface area contributed by atoms with E-state index in [9.17, 15) is 14.4 Å². The number of nitrogens with one attached hydrogen (secondary N) is 1. The zero-order valence-corrected chi connectivity index (χ0v) is 19.8. The van der Waals surface area contributed by atoms with Gasteiger partial charge >= 0.3 is 12.0 Å². The van der Waals surface area contributed by atoms with Gasteiger partial charge in [-0.25, -0.2) is 9.59 Å². The number of hydrogen-bond acceptors (Lipinski definition) is 5. The molecule has 2 aliphatic heterocycles. The van der Waals surface area contributed by atoms with Crippen LogP contribution in [-0.4, -0.2) is 78.5 Å². The molecule has 0 aromatic heterocycles. The lowest BCUT2D eigenvalue weighted by molar-refractivity contribution is -0.139. The Kier molecular flexibility index (Phi) is 7.79. The van der Waals surface area contributed by atoms with Crippen LogP contribution in [0.1, 0.15) is 38.8 Å². The molecule has 9 heteroatoms. The number of carbonyl (C=O) groups is 3. The topological polar surface area (TPSA) is 82.2 Å². The number of esters is 1. The van der Waals surface area contributed by atoms with E-state index in [4.69, 9.17) is 16.3 Å². The lowest BCUT2D eigenvalue weighted by Crippen LogP contribution is -2.56. The molecule has 174 valence electrons. The Balaban J connectivity index is 1.97. The molecule has 2 heterocycles. The fourth-order valence-corrected chi connectivity index (χ4v) is 4.55. The fraction of sp³-hybridized carbons (Fsp3) is 0.522. The van der Waals surface area contributed by atoms with Crippen LogP contribution in [0.3, 0.4) is 0 Å². The van der Waals surface area contributed by atoms with Crippen molar-refractivity contribution in [3.05, 3.63) is 46.1 Å². The summed E-state index contributed by atoms with van der Waals surface area (Å²) in [6.07, 6.45) is 0.477. The normalized spacial score (nSPS) is 22.1. The minimum absolute atomic E-state index is 0.0462. The minimum Gasteiger partial charge on any atom is -0.463 e. The summed E-state index contributed by atoms with van der Waals surface area (Å²) < 4.78 is 5.37. The van der Waals surface area contributed by atoms with E-state index in [1.165, 1.54) is 4.90 Å². The number of carbonyl (C=O) groups excluding carboxylic acids is 3. The Morgan fingerprint density at radius 3 is 2.56 bits per heavy atom. The van der Waals surface area contributed by atoms with E-state index < -0.39 is 12.0 Å². The number of likely N-dealkylation sites (N-methyl/N-ethyl adjacent to an activating group) is 1. The molecular weight excluding hydrogens is 432 g/mol. The van der Waals surface area contributed by atoms with Crippen LogP contribution in [0.4, 0.5) is 4.79 Å². The summed E-state index contributed by atoms with van der Waals surface area (Å²) >= 11 is 6.42. The van der Waals surface area contributed by atoms with Crippen molar-refractivity contribution < 1.29 is 19.1 Å². The molecule has 0 saturated carbocycles. The molecule has 0 radical (unpaired) electrons. The predicted molar refractivity (Wildman–Crippen MR) is 122 cm³/mol. The van der Waals surface area contributed by atoms with Crippen molar-refractivity contribution in [3.8, 4) is 0 Å². The molecule has 0 aliphatic carbocycles. The van der Waals surface area contributed by atoms with Crippen molar-refractivity contribution in [2.45, 2.75) is 39.3 Å². The lowest BCUT2D eigenvalue weighted by atomic mass is 9.94. The SMILES string of the molecule is CCOC(=O)C1=C(CN2CCN(C(=O)CC)C(C)C2)N(C)C(=O)NC1c1ccccc1Cl. The van der Waals surface area contributed by atoms with Gasteiger partial charge in [0.2, 0.25) is 5.91 Å². The summed E-state index contributed by atoms with van der Waals surface area (Å²) in [5, 5.41) is 3.35. The number of piperazine rings is 1. The molecule has 32 heavy (non-hydrogen) atoms. The van der Waals surface area contributed by atoms with E-state index in [0.717, 1.165) is 0 Å². The molecule has 0 spiro atoms. The molecule has 1 aromatic rings. The van der Waals surface area contributed by atoms with Crippen molar-refractivity contribution in [1.29, 1.82) is 0 Å². The van der Waals surface area contributed by atoms with Gasteiger partial charge in [0, 0.05) is 56.4 Å². The van der Waals surface area contributed by atoms with E-state index in [1.54, 1.807) is 32.2 Å². The van der Waals surface area contributed by atoms with Crippen molar-refractivity contribution >= 4 is 29.5 Å². The number of rotatable bonds is 6. The number of nitrogens with zero attached hydrogens (tertiary/aromatic N) is 3. The first-order valence-electron chi connectivity index (χ1n) is 11.0. The number of urea groups is 1. The van der Waals surface area contributed by atoms with Gasteiger partial charge in [0.25, 0.3) is 0 Å². The molecule has 1 N–H and O–H groups in total. The van der Waals surface area contributed by atoms with Gasteiger partial charge in [-0.3, -0.25) is 14.6 Å². The standard InChI is InChI=1S/C23H31ClN4O4/c1-5-19(29)28-12-11-27(13-15(28)3)14-18-20(22(30)32-6-2)21(25-23(31)26(18)4)16-9-7-8-10-17(16)24/h7-10,15,21H,5-6,11-14H2,1-4H3,(H,25,31). The van der Waals surface area contributed by atoms with Crippen LogP contribution in [0.5, 0.6) is 0 Å². The molecule has 3 rings (SSSR count). The summed E-state index contributed by atoms with van der Waals surface area (Å²) in [4.78, 5) is 43.6. The van der Waals surface area contributed by atoms with Crippen LogP contribution in [-0.2, 0) is 14.3 Å². The van der Waals surface area contributed by atoms with E-state index in [-0.39, 0.29) is 24.6 Å². The van der Waals surface area contributed by atoms with E-state index in [1.807, 2.05) is 24.8 Å². The second-order valence-corrected chi connectivity index (χ2v) is 8.48. The van der Waals surface area contributed by atoms with Gasteiger partial charge in [-0.05, 0) is 25.5 Å². The minimum atomic E-state index is -0.707. The van der Waals surface area contributed by atoms with Crippen LogP contribution in [0, 0.1) is 0 Å². The number of hydrogen-bond donors (Lipinski definition) is 1. The number of amides is 3. The number of ether oxygens (including phenoxy) is 1. The van der Waals surface area contributed by atoms with Gasteiger partial charge in [-0.2, -0.15) is 0 Å². The highest BCUT2D eigenvalue weighted by molar-refractivity contribution is 6.31. The Bertz CT molecular complexity index is 919. The van der Waals surface area contributed by atoms with E-state index in [0.29, 0.717) is 54.5 Å². The van der Waals surface area contributed by atoms with Crippen molar-refractivity contribution in [2.75, 3.05) is 39.8 Å². The maximum atomic E-state index is 13.1. The first-order chi connectivity index (χ1) is 15.3. The Labute approximate surface area is 194 Å². The number of benzene rings is 1. The zero-order chi connectivity index (χ0) is 23.4. The van der Waals surface area contributed by atoms with Gasteiger partial charge < -0.3 is 15.0 Å². The number of halogens is 1. The van der Waals surface area contributed by atoms with Gasteiger partial charge in [0.15, 0.2) is 0 Å². The van der Waals surface area contributed by atoms with E-state index >= 15 is 0 Å². The summed E-state index contributed by atoms with van der Waals surface area (Å²) in [7, 11) is 1.65. The second-order valence-electron chi connectivity index (χ2n) is 8.07. The molecule has 2 atom stereocenters. The average molecular weight is 463 g/mol. The third-order valence-corrected chi connectivity index (χ3v) is 6.34. The van der Waals surface area contributed by atoms with Crippen molar-refractivity contribution in [2.24, 2.45) is 0 Å². The molecule has 0 bridgehead atoms. The Hall–Kier alpha value is -2.58. The maximum absolute atomic E-state index is 13.1. The van der Waals surface area contributed by atoms with Crippen molar-refractivity contribution in [1.82, 2.24) is 20.0 Å². The first kappa shape index (κ1) is 24.1. The van der Waals surface area contributed by atoms with Gasteiger partial charge in [-0.1, -0.05) is 36.7 Å². The average Bonchev–Trinajstić information content (AvgIpc) is 2.77. The van der Waals surface area contributed by atoms with Gasteiger partial charge in [0.05, 0.1) is 18.2 Å². The summed E-state index contributed by atoms with van der Waals surface area (Å²) in [6.45, 7) is 8.15. The van der Waals surface area contributed by atoms with Gasteiger partial charge in [0.1, 0.15) is 0 Å². The van der Waals surface area contributed by atoms with Crippen LogP contribution in [0.15, 0.2) is 35.5 Å². The lowest BCUT2D eigenvalue weighted by Gasteiger charge is -2.42. The van der Waals surface area contributed by atoms with Crippen LogP contribution in [0.25, 0.3) is 0 Å². The molecule has 2 unspecified atom stereocenters. The molecule has 8 nitrogen and oxygen atoms in total. The summed E-state index contributed by atoms with van der Waals surface area (Å²) in [6, 6.07) is 6.18. The maximum Gasteiger partial charge on any atom is 0.338 e. The van der Waals surface area contributed by atoms with Crippen LogP contribution >= 0.6 is 11.6 Å². The molecule has 1 saturated heterocycles. The largest absolute Gasteiger partial charge is 0.463 e. The molecule has 1 aromatic carbocycles. The Morgan fingerprint density at radius 2 is 1.94 bits per heavy atom.